The van der Waals surface area contributed by atoms with Crippen LogP contribution in [0.5, 0.6) is 0 Å². The lowest BCUT2D eigenvalue weighted by Crippen LogP contribution is -2.19. The van der Waals surface area contributed by atoms with Crippen LogP contribution in [0.25, 0.3) is 0 Å². The number of nitrogens with zero attached hydrogens (tertiary/aromatic N) is 1. The molecular weight excluding hydrogens is 190 g/mol. The van der Waals surface area contributed by atoms with E-state index >= 15 is 0 Å². The summed E-state index contributed by atoms with van der Waals surface area (Å²) in [5.41, 5.74) is 4.18. The molecule has 0 radical (unpaired) electrons. The average Bonchev–Trinajstić information content (AvgIpc) is 2.19. The largest absolute Gasteiger partial charge is 0.297 e. The average molecular weight is 209 g/mol. The predicted molar refractivity (Wildman–Crippen MR) is 66.1 cm³/mol. The fraction of sp³-hybridized carbons (Fsp3) is 0.500. The van der Waals surface area contributed by atoms with Gasteiger partial charge in [-0.25, -0.2) is 0 Å². The van der Waals surface area contributed by atoms with Crippen molar-refractivity contribution in [1.29, 1.82) is 0 Å². The SMILES string of the molecule is Cc1ccc(CCN(C)CS)cc1C. The Morgan fingerprint density at radius 1 is 1.21 bits per heavy atom. The van der Waals surface area contributed by atoms with Crippen LogP contribution in [-0.4, -0.2) is 24.4 Å². The van der Waals surface area contributed by atoms with E-state index < -0.39 is 0 Å². The number of likely N-dealkylation sites (N-methyl/N-ethyl adjacent to an activating group) is 1. The van der Waals surface area contributed by atoms with Crippen LogP contribution < -0.4 is 0 Å². The first-order valence-electron chi connectivity index (χ1n) is 4.99. The maximum atomic E-state index is 4.22. The summed E-state index contributed by atoms with van der Waals surface area (Å²) in [6.45, 7) is 5.39. The standard InChI is InChI=1S/C12H19NS/c1-10-4-5-12(8-11(10)2)6-7-13(3)9-14/h4-5,8,14H,6-7,9H2,1-3H3. The van der Waals surface area contributed by atoms with Crippen molar-refractivity contribution in [3.8, 4) is 0 Å². The molecular formula is C12H19NS. The smallest absolute Gasteiger partial charge is 0.0411 e. The number of benzene rings is 1. The topological polar surface area (TPSA) is 3.24 Å². The molecule has 0 aliphatic carbocycles. The number of hydrogen-bond acceptors (Lipinski definition) is 2. The molecule has 0 amide bonds. The van der Waals surface area contributed by atoms with Crippen molar-refractivity contribution < 1.29 is 0 Å². The van der Waals surface area contributed by atoms with Crippen molar-refractivity contribution >= 4 is 12.6 Å². The van der Waals surface area contributed by atoms with Gasteiger partial charge in [0.2, 0.25) is 0 Å². The monoisotopic (exact) mass is 209 g/mol. The quantitative estimate of drug-likeness (QED) is 0.589. The van der Waals surface area contributed by atoms with Gasteiger partial charge in [-0.3, -0.25) is 4.90 Å². The number of rotatable bonds is 4. The Morgan fingerprint density at radius 3 is 2.50 bits per heavy atom. The first kappa shape index (κ1) is 11.6. The van der Waals surface area contributed by atoms with Crippen LogP contribution in [0.1, 0.15) is 16.7 Å². The molecule has 0 N–H and O–H groups in total. The Bertz CT molecular complexity index is 296. The Kier molecular flexibility index (Phi) is 4.49. The first-order valence-corrected chi connectivity index (χ1v) is 5.62. The van der Waals surface area contributed by atoms with Crippen LogP contribution >= 0.6 is 12.6 Å². The van der Waals surface area contributed by atoms with E-state index in [1.165, 1.54) is 16.7 Å². The highest BCUT2D eigenvalue weighted by atomic mass is 32.1. The molecule has 1 rings (SSSR count). The van der Waals surface area contributed by atoms with Crippen LogP contribution in [0, 0.1) is 13.8 Å². The van der Waals surface area contributed by atoms with Crippen LogP contribution in [0.15, 0.2) is 18.2 Å². The fourth-order valence-electron chi connectivity index (χ4n) is 1.35. The molecule has 0 saturated heterocycles. The molecule has 1 aromatic rings. The third-order valence-corrected chi connectivity index (χ3v) is 3.08. The van der Waals surface area contributed by atoms with E-state index in [2.05, 4.69) is 56.6 Å². The highest BCUT2D eigenvalue weighted by Crippen LogP contribution is 2.10. The second-order valence-electron chi connectivity index (χ2n) is 3.89. The molecule has 0 atom stereocenters. The van der Waals surface area contributed by atoms with E-state index in [1.807, 2.05) is 0 Å². The molecule has 0 aliphatic heterocycles. The lowest BCUT2D eigenvalue weighted by Gasteiger charge is -2.13. The van der Waals surface area contributed by atoms with Gasteiger partial charge in [0.05, 0.1) is 0 Å². The summed E-state index contributed by atoms with van der Waals surface area (Å²) in [5, 5.41) is 0. The predicted octanol–water partition coefficient (Wildman–Crippen LogP) is 2.67. The molecule has 78 valence electrons. The molecule has 0 fully saturated rings. The number of aryl methyl sites for hydroxylation is 2. The molecule has 0 unspecified atom stereocenters. The third-order valence-electron chi connectivity index (χ3n) is 2.59. The van der Waals surface area contributed by atoms with Crippen molar-refractivity contribution in [2.75, 3.05) is 19.5 Å². The van der Waals surface area contributed by atoms with Crippen molar-refractivity contribution in [2.24, 2.45) is 0 Å². The molecule has 1 nitrogen and oxygen atoms in total. The van der Waals surface area contributed by atoms with Crippen molar-refractivity contribution in [1.82, 2.24) is 4.90 Å². The van der Waals surface area contributed by atoms with E-state index in [9.17, 15) is 0 Å². The summed E-state index contributed by atoms with van der Waals surface area (Å²) < 4.78 is 0. The summed E-state index contributed by atoms with van der Waals surface area (Å²) in [7, 11) is 2.09. The highest BCUT2D eigenvalue weighted by molar-refractivity contribution is 7.80. The summed E-state index contributed by atoms with van der Waals surface area (Å²) in [6.07, 6.45) is 1.11. The third kappa shape index (κ3) is 3.35. The molecule has 0 aromatic heterocycles. The van der Waals surface area contributed by atoms with E-state index in [4.69, 9.17) is 0 Å². The molecule has 0 bridgehead atoms. The Balaban J connectivity index is 2.55. The van der Waals surface area contributed by atoms with Gasteiger partial charge in [0, 0.05) is 12.4 Å². The van der Waals surface area contributed by atoms with Gasteiger partial charge < -0.3 is 0 Å². The van der Waals surface area contributed by atoms with Gasteiger partial charge in [-0.1, -0.05) is 18.2 Å². The van der Waals surface area contributed by atoms with Gasteiger partial charge in [0.15, 0.2) is 0 Å². The van der Waals surface area contributed by atoms with Gasteiger partial charge in [0.25, 0.3) is 0 Å². The van der Waals surface area contributed by atoms with E-state index in [1.54, 1.807) is 0 Å². The fourth-order valence-corrected chi connectivity index (χ4v) is 1.49. The second kappa shape index (κ2) is 5.42. The zero-order valence-corrected chi connectivity index (χ0v) is 10.1. The molecule has 0 aliphatic rings. The Labute approximate surface area is 92.5 Å². The summed E-state index contributed by atoms with van der Waals surface area (Å²) in [5.74, 6) is 0.824. The van der Waals surface area contributed by atoms with E-state index in [-0.39, 0.29) is 0 Å². The molecule has 0 saturated carbocycles. The van der Waals surface area contributed by atoms with Gasteiger partial charge in [-0.05, 0) is 44.0 Å². The molecule has 14 heavy (non-hydrogen) atoms. The van der Waals surface area contributed by atoms with Gasteiger partial charge in [-0.2, -0.15) is 12.6 Å². The Morgan fingerprint density at radius 2 is 1.93 bits per heavy atom. The maximum Gasteiger partial charge on any atom is 0.0411 e. The van der Waals surface area contributed by atoms with Crippen molar-refractivity contribution in [3.63, 3.8) is 0 Å². The summed E-state index contributed by atoms with van der Waals surface area (Å²) in [6, 6.07) is 6.70. The minimum absolute atomic E-state index is 0.824. The van der Waals surface area contributed by atoms with Crippen LogP contribution in [0.4, 0.5) is 0 Å². The maximum absolute atomic E-state index is 4.22. The normalized spacial score (nSPS) is 10.9. The van der Waals surface area contributed by atoms with Gasteiger partial charge in [-0.15, -0.1) is 0 Å². The van der Waals surface area contributed by atoms with Gasteiger partial charge >= 0.3 is 0 Å². The van der Waals surface area contributed by atoms with Crippen molar-refractivity contribution in [2.45, 2.75) is 20.3 Å². The lowest BCUT2D eigenvalue weighted by atomic mass is 10.0. The van der Waals surface area contributed by atoms with Crippen molar-refractivity contribution in [3.05, 3.63) is 34.9 Å². The molecule has 0 spiro atoms. The van der Waals surface area contributed by atoms with E-state index in [0.29, 0.717) is 0 Å². The van der Waals surface area contributed by atoms with Crippen LogP contribution in [0.3, 0.4) is 0 Å². The summed E-state index contributed by atoms with van der Waals surface area (Å²) in [4.78, 5) is 2.21. The number of hydrogen-bond donors (Lipinski definition) is 1. The zero-order chi connectivity index (χ0) is 10.6. The first-order chi connectivity index (χ1) is 6.63. The molecule has 2 heteroatoms. The lowest BCUT2D eigenvalue weighted by molar-refractivity contribution is 0.399. The second-order valence-corrected chi connectivity index (χ2v) is 4.17. The van der Waals surface area contributed by atoms with Crippen LogP contribution in [0.2, 0.25) is 0 Å². The minimum atomic E-state index is 0.824. The number of thiol groups is 1. The summed E-state index contributed by atoms with van der Waals surface area (Å²) >= 11 is 4.22. The van der Waals surface area contributed by atoms with Gasteiger partial charge in [0.1, 0.15) is 0 Å². The molecule has 1 aromatic carbocycles. The minimum Gasteiger partial charge on any atom is -0.297 e. The molecule has 0 heterocycles. The highest BCUT2D eigenvalue weighted by Gasteiger charge is 1.98. The van der Waals surface area contributed by atoms with E-state index in [0.717, 1.165) is 18.8 Å². The Hall–Kier alpha value is -0.470. The zero-order valence-electron chi connectivity index (χ0n) is 9.25. The van der Waals surface area contributed by atoms with Crippen LogP contribution in [-0.2, 0) is 6.42 Å².